The van der Waals surface area contributed by atoms with Crippen molar-refractivity contribution in [3.8, 4) is 11.8 Å². The lowest BCUT2D eigenvalue weighted by Crippen LogP contribution is -1.96. The first-order valence-corrected chi connectivity index (χ1v) is 5.40. The van der Waals surface area contributed by atoms with Crippen molar-refractivity contribution in [2.75, 3.05) is 6.61 Å². The Labute approximate surface area is 99.4 Å². The Balaban J connectivity index is 3.13. The number of nitriles is 1. The predicted molar refractivity (Wildman–Crippen MR) is 62.2 cm³/mol. The van der Waals surface area contributed by atoms with E-state index in [0.717, 1.165) is 8.95 Å². The van der Waals surface area contributed by atoms with E-state index in [4.69, 9.17) is 10.00 Å². The van der Waals surface area contributed by atoms with Crippen molar-refractivity contribution in [1.29, 1.82) is 5.26 Å². The highest BCUT2D eigenvalue weighted by atomic mass is 79.9. The lowest BCUT2D eigenvalue weighted by Gasteiger charge is -2.08. The normalized spacial score (nSPS) is 9.21. The standard InChI is InChI=1S/C10H7Br2NO/c1-2-3-14-10-7(6-13)4-8(11)5-9(10)12/h2,4-5H,1,3H2. The first-order chi connectivity index (χ1) is 6.69. The molecule has 0 N–H and O–H groups in total. The molecule has 0 bridgehead atoms. The van der Waals surface area contributed by atoms with Gasteiger partial charge in [0, 0.05) is 4.47 Å². The molecule has 0 saturated carbocycles. The zero-order valence-corrected chi connectivity index (χ0v) is 10.4. The third-order valence-corrected chi connectivity index (χ3v) is 2.52. The van der Waals surface area contributed by atoms with Gasteiger partial charge in [0.1, 0.15) is 12.7 Å². The summed E-state index contributed by atoms with van der Waals surface area (Å²) >= 11 is 6.63. The van der Waals surface area contributed by atoms with E-state index < -0.39 is 0 Å². The molecule has 0 heterocycles. The monoisotopic (exact) mass is 315 g/mol. The first-order valence-electron chi connectivity index (χ1n) is 3.82. The minimum Gasteiger partial charge on any atom is -0.487 e. The van der Waals surface area contributed by atoms with Crippen LogP contribution in [-0.4, -0.2) is 6.61 Å². The molecule has 72 valence electrons. The maximum absolute atomic E-state index is 8.87. The molecule has 0 atom stereocenters. The van der Waals surface area contributed by atoms with E-state index in [0.29, 0.717) is 17.9 Å². The summed E-state index contributed by atoms with van der Waals surface area (Å²) in [5, 5.41) is 8.87. The number of ether oxygens (including phenoxy) is 1. The van der Waals surface area contributed by atoms with Crippen LogP contribution in [-0.2, 0) is 0 Å². The highest BCUT2D eigenvalue weighted by Crippen LogP contribution is 2.32. The topological polar surface area (TPSA) is 33.0 Å². The second-order valence-corrected chi connectivity index (χ2v) is 4.25. The molecule has 0 unspecified atom stereocenters. The van der Waals surface area contributed by atoms with E-state index in [1.165, 1.54) is 0 Å². The van der Waals surface area contributed by atoms with Gasteiger partial charge in [-0.25, -0.2) is 0 Å². The molecule has 0 fully saturated rings. The SMILES string of the molecule is C=CCOc1c(Br)cc(Br)cc1C#N. The molecule has 14 heavy (non-hydrogen) atoms. The first kappa shape index (κ1) is 11.3. The summed E-state index contributed by atoms with van der Waals surface area (Å²) < 4.78 is 6.95. The number of benzene rings is 1. The molecular weight excluding hydrogens is 310 g/mol. The molecule has 0 aliphatic rings. The van der Waals surface area contributed by atoms with Gasteiger partial charge in [0.05, 0.1) is 10.0 Å². The van der Waals surface area contributed by atoms with Crippen LogP contribution in [0.4, 0.5) is 0 Å². The molecule has 1 aromatic rings. The molecule has 1 aromatic carbocycles. The summed E-state index contributed by atoms with van der Waals surface area (Å²) in [6.07, 6.45) is 1.63. The van der Waals surface area contributed by atoms with Crippen molar-refractivity contribution in [3.63, 3.8) is 0 Å². The molecule has 1 rings (SSSR count). The highest BCUT2D eigenvalue weighted by Gasteiger charge is 2.08. The van der Waals surface area contributed by atoms with Crippen LogP contribution in [0.25, 0.3) is 0 Å². The van der Waals surface area contributed by atoms with Gasteiger partial charge < -0.3 is 4.74 Å². The fourth-order valence-corrected chi connectivity index (χ4v) is 2.27. The summed E-state index contributed by atoms with van der Waals surface area (Å²) in [5.74, 6) is 0.551. The van der Waals surface area contributed by atoms with Crippen LogP contribution in [0.5, 0.6) is 5.75 Å². The smallest absolute Gasteiger partial charge is 0.151 e. The minimum atomic E-state index is 0.384. The molecular formula is C10H7Br2NO. The summed E-state index contributed by atoms with van der Waals surface area (Å²) in [4.78, 5) is 0. The summed E-state index contributed by atoms with van der Waals surface area (Å²) in [6, 6.07) is 5.61. The Hall–Kier alpha value is -0.790. The van der Waals surface area contributed by atoms with Gasteiger partial charge in [0.2, 0.25) is 0 Å². The van der Waals surface area contributed by atoms with E-state index in [-0.39, 0.29) is 0 Å². The van der Waals surface area contributed by atoms with Gasteiger partial charge in [-0.15, -0.1) is 0 Å². The van der Waals surface area contributed by atoms with Gasteiger partial charge in [-0.2, -0.15) is 5.26 Å². The van der Waals surface area contributed by atoms with Gasteiger partial charge in [-0.05, 0) is 28.1 Å². The maximum Gasteiger partial charge on any atom is 0.151 e. The number of hydrogen-bond acceptors (Lipinski definition) is 2. The molecule has 0 amide bonds. The van der Waals surface area contributed by atoms with Crippen LogP contribution in [0.2, 0.25) is 0 Å². The van der Waals surface area contributed by atoms with Crippen LogP contribution in [0, 0.1) is 11.3 Å². The Kier molecular flexibility index (Phi) is 4.18. The largest absolute Gasteiger partial charge is 0.487 e. The second kappa shape index (κ2) is 5.18. The molecule has 2 nitrogen and oxygen atoms in total. The van der Waals surface area contributed by atoms with Crippen LogP contribution < -0.4 is 4.74 Å². The van der Waals surface area contributed by atoms with E-state index in [2.05, 4.69) is 44.5 Å². The Morgan fingerprint density at radius 2 is 2.21 bits per heavy atom. The molecule has 4 heteroatoms. The van der Waals surface area contributed by atoms with Gasteiger partial charge in [0.15, 0.2) is 5.75 Å². The Morgan fingerprint density at radius 3 is 2.79 bits per heavy atom. The Morgan fingerprint density at radius 1 is 1.50 bits per heavy atom. The number of hydrogen-bond donors (Lipinski definition) is 0. The van der Waals surface area contributed by atoms with E-state index >= 15 is 0 Å². The lowest BCUT2D eigenvalue weighted by molar-refractivity contribution is 0.360. The van der Waals surface area contributed by atoms with Crippen LogP contribution in [0.15, 0.2) is 33.7 Å². The second-order valence-electron chi connectivity index (χ2n) is 2.48. The Bertz CT molecular complexity index is 396. The average molecular weight is 317 g/mol. The molecule has 0 aliphatic heterocycles. The zero-order chi connectivity index (χ0) is 10.6. The number of rotatable bonds is 3. The lowest BCUT2D eigenvalue weighted by atomic mass is 10.2. The summed E-state index contributed by atoms with van der Waals surface area (Å²) in [6.45, 7) is 3.93. The average Bonchev–Trinajstić information content (AvgIpc) is 2.15. The molecule has 0 radical (unpaired) electrons. The fourth-order valence-electron chi connectivity index (χ4n) is 0.932. The van der Waals surface area contributed by atoms with Gasteiger partial charge in [0.25, 0.3) is 0 Å². The van der Waals surface area contributed by atoms with E-state index in [9.17, 15) is 0 Å². The molecule has 0 aliphatic carbocycles. The van der Waals surface area contributed by atoms with Crippen LogP contribution in [0.3, 0.4) is 0 Å². The minimum absolute atomic E-state index is 0.384. The highest BCUT2D eigenvalue weighted by molar-refractivity contribution is 9.11. The van der Waals surface area contributed by atoms with Gasteiger partial charge in [-0.3, -0.25) is 0 Å². The predicted octanol–water partition coefficient (Wildman–Crippen LogP) is 3.65. The third kappa shape index (κ3) is 2.60. The molecule has 0 saturated heterocycles. The van der Waals surface area contributed by atoms with Crippen LogP contribution in [0.1, 0.15) is 5.56 Å². The third-order valence-electron chi connectivity index (χ3n) is 1.47. The number of nitrogens with zero attached hydrogens (tertiary/aromatic N) is 1. The van der Waals surface area contributed by atoms with Crippen molar-refractivity contribution in [2.24, 2.45) is 0 Å². The maximum atomic E-state index is 8.87. The van der Waals surface area contributed by atoms with Crippen molar-refractivity contribution in [1.82, 2.24) is 0 Å². The summed E-state index contributed by atoms with van der Waals surface area (Å²) in [5.41, 5.74) is 0.494. The van der Waals surface area contributed by atoms with Crippen LogP contribution >= 0.6 is 31.9 Å². The van der Waals surface area contributed by atoms with Crippen molar-refractivity contribution < 1.29 is 4.74 Å². The van der Waals surface area contributed by atoms with E-state index in [1.54, 1.807) is 12.1 Å². The quantitative estimate of drug-likeness (QED) is 0.797. The van der Waals surface area contributed by atoms with Crippen molar-refractivity contribution >= 4 is 31.9 Å². The zero-order valence-electron chi connectivity index (χ0n) is 7.26. The van der Waals surface area contributed by atoms with Gasteiger partial charge in [-0.1, -0.05) is 28.6 Å². The fraction of sp³-hybridized carbons (Fsp3) is 0.100. The van der Waals surface area contributed by atoms with Crippen molar-refractivity contribution in [2.45, 2.75) is 0 Å². The van der Waals surface area contributed by atoms with E-state index in [1.807, 2.05) is 6.07 Å². The number of halogens is 2. The molecule has 0 spiro atoms. The molecule has 0 aromatic heterocycles. The van der Waals surface area contributed by atoms with Crippen molar-refractivity contribution in [3.05, 3.63) is 39.3 Å². The van der Waals surface area contributed by atoms with Gasteiger partial charge >= 0.3 is 0 Å². The summed E-state index contributed by atoms with van der Waals surface area (Å²) in [7, 11) is 0.